The van der Waals surface area contributed by atoms with Crippen LogP contribution in [-0.4, -0.2) is 0 Å². The Morgan fingerprint density at radius 1 is 1.10 bits per heavy atom. The molecule has 0 aliphatic rings. The van der Waals surface area contributed by atoms with Gasteiger partial charge >= 0.3 is 6.18 Å². The number of benzene rings is 2. The summed E-state index contributed by atoms with van der Waals surface area (Å²) in [5.74, 6) is 0. The molecule has 5 heteroatoms. The highest BCUT2D eigenvalue weighted by Crippen LogP contribution is 2.34. The molecule has 0 aliphatic carbocycles. The van der Waals surface area contributed by atoms with Crippen LogP contribution in [0.25, 0.3) is 0 Å². The van der Waals surface area contributed by atoms with Crippen molar-refractivity contribution in [2.75, 3.05) is 0 Å². The van der Waals surface area contributed by atoms with Crippen molar-refractivity contribution in [3.63, 3.8) is 0 Å². The molecule has 0 fully saturated rings. The molecule has 2 rings (SSSR count). The van der Waals surface area contributed by atoms with Crippen molar-refractivity contribution in [1.82, 2.24) is 0 Å². The smallest absolute Gasteiger partial charge is 0.166 e. The van der Waals surface area contributed by atoms with Crippen LogP contribution in [0.3, 0.4) is 0 Å². The number of hydrogen-bond acceptors (Lipinski definition) is 0. The van der Waals surface area contributed by atoms with Gasteiger partial charge in [-0.25, -0.2) is 0 Å². The first-order valence-electron chi connectivity index (χ1n) is 6.33. The van der Waals surface area contributed by atoms with Crippen molar-refractivity contribution in [1.29, 1.82) is 0 Å². The third-order valence-electron chi connectivity index (χ3n) is 3.19. The number of aryl methyl sites for hydroxylation is 1. The molecule has 0 N–H and O–H groups in total. The van der Waals surface area contributed by atoms with Crippen molar-refractivity contribution in [3.8, 4) is 0 Å². The SMILES string of the molecule is Cc1ccc(C(Br)Cc2ccc(C(F)(F)F)cc2)c(Cl)c1. The van der Waals surface area contributed by atoms with E-state index in [4.69, 9.17) is 11.6 Å². The quantitative estimate of drug-likeness (QED) is 0.547. The van der Waals surface area contributed by atoms with Gasteiger partial charge in [0.2, 0.25) is 0 Å². The highest BCUT2D eigenvalue weighted by Gasteiger charge is 2.30. The number of alkyl halides is 4. The largest absolute Gasteiger partial charge is 0.416 e. The number of hydrogen-bond donors (Lipinski definition) is 0. The normalized spacial score (nSPS) is 13.2. The Balaban J connectivity index is 2.14. The molecule has 0 saturated heterocycles. The van der Waals surface area contributed by atoms with Gasteiger partial charge in [0.05, 0.1) is 5.56 Å². The van der Waals surface area contributed by atoms with E-state index >= 15 is 0 Å². The summed E-state index contributed by atoms with van der Waals surface area (Å²) < 4.78 is 37.5. The monoisotopic (exact) mass is 376 g/mol. The zero-order chi connectivity index (χ0) is 15.6. The van der Waals surface area contributed by atoms with E-state index in [1.54, 1.807) is 0 Å². The Labute approximate surface area is 135 Å². The fourth-order valence-corrected chi connectivity index (χ4v) is 3.30. The average Bonchev–Trinajstić information content (AvgIpc) is 2.38. The maximum Gasteiger partial charge on any atom is 0.416 e. The summed E-state index contributed by atoms with van der Waals surface area (Å²) in [6.45, 7) is 1.95. The Bertz CT molecular complexity index is 620. The highest BCUT2D eigenvalue weighted by molar-refractivity contribution is 9.09. The predicted octanol–water partition coefficient (Wildman–Crippen LogP) is 6.35. The first-order valence-corrected chi connectivity index (χ1v) is 7.63. The van der Waals surface area contributed by atoms with E-state index in [-0.39, 0.29) is 4.83 Å². The molecule has 1 unspecified atom stereocenters. The van der Waals surface area contributed by atoms with Crippen molar-refractivity contribution >= 4 is 27.5 Å². The van der Waals surface area contributed by atoms with Gasteiger partial charge < -0.3 is 0 Å². The second-order valence-electron chi connectivity index (χ2n) is 4.89. The lowest BCUT2D eigenvalue weighted by molar-refractivity contribution is -0.137. The molecule has 0 aliphatic heterocycles. The van der Waals surface area contributed by atoms with E-state index in [2.05, 4.69) is 15.9 Å². The lowest BCUT2D eigenvalue weighted by Gasteiger charge is -2.13. The van der Waals surface area contributed by atoms with Crippen LogP contribution < -0.4 is 0 Å². The molecule has 0 radical (unpaired) electrons. The van der Waals surface area contributed by atoms with Gasteiger partial charge in [0.25, 0.3) is 0 Å². The van der Waals surface area contributed by atoms with E-state index in [1.807, 2.05) is 25.1 Å². The van der Waals surface area contributed by atoms with Crippen molar-refractivity contribution in [2.45, 2.75) is 24.3 Å². The van der Waals surface area contributed by atoms with Crippen LogP contribution >= 0.6 is 27.5 Å². The summed E-state index contributed by atoms with van der Waals surface area (Å²) in [5, 5.41) is 0.656. The Kier molecular flexibility index (Phi) is 4.99. The van der Waals surface area contributed by atoms with Crippen molar-refractivity contribution < 1.29 is 13.2 Å². The van der Waals surface area contributed by atoms with Crippen LogP contribution in [-0.2, 0) is 12.6 Å². The molecule has 1 atom stereocenters. The summed E-state index contributed by atoms with van der Waals surface area (Å²) >= 11 is 9.75. The Morgan fingerprint density at radius 3 is 2.24 bits per heavy atom. The lowest BCUT2D eigenvalue weighted by Crippen LogP contribution is -2.05. The van der Waals surface area contributed by atoms with Gasteiger partial charge in [0.1, 0.15) is 0 Å². The topological polar surface area (TPSA) is 0 Å². The molecule has 112 valence electrons. The average molecular weight is 378 g/mol. The maximum atomic E-state index is 12.5. The molecule has 0 nitrogen and oxygen atoms in total. The first kappa shape index (κ1) is 16.4. The Hall–Kier alpha value is -1.00. The third kappa shape index (κ3) is 4.24. The zero-order valence-electron chi connectivity index (χ0n) is 11.2. The van der Waals surface area contributed by atoms with Crippen LogP contribution in [0.1, 0.15) is 27.1 Å². The molecule has 0 spiro atoms. The van der Waals surface area contributed by atoms with Gasteiger partial charge in [-0.2, -0.15) is 13.2 Å². The Morgan fingerprint density at radius 2 is 1.71 bits per heavy atom. The van der Waals surface area contributed by atoms with Gasteiger partial charge in [0.15, 0.2) is 0 Å². The molecule has 0 saturated carbocycles. The van der Waals surface area contributed by atoms with Gasteiger partial charge in [-0.1, -0.05) is 51.8 Å². The van der Waals surface area contributed by atoms with E-state index in [9.17, 15) is 13.2 Å². The highest BCUT2D eigenvalue weighted by atomic mass is 79.9. The van der Waals surface area contributed by atoms with Gasteiger partial charge in [-0.15, -0.1) is 0 Å². The van der Waals surface area contributed by atoms with E-state index in [1.165, 1.54) is 12.1 Å². The second-order valence-corrected chi connectivity index (χ2v) is 6.40. The maximum absolute atomic E-state index is 12.5. The van der Waals surface area contributed by atoms with Crippen LogP contribution in [0.5, 0.6) is 0 Å². The minimum Gasteiger partial charge on any atom is -0.166 e. The summed E-state index contributed by atoms with van der Waals surface area (Å²) in [6.07, 6.45) is -3.73. The summed E-state index contributed by atoms with van der Waals surface area (Å²) in [7, 11) is 0. The minimum atomic E-state index is -4.30. The standard InChI is InChI=1S/C16H13BrClF3/c1-10-2-7-13(15(18)8-10)14(17)9-11-3-5-12(6-4-11)16(19,20)21/h2-8,14H,9H2,1H3. The van der Waals surface area contributed by atoms with Crippen LogP contribution in [0.15, 0.2) is 42.5 Å². The van der Waals surface area contributed by atoms with Gasteiger partial charge in [-0.05, 0) is 48.2 Å². The fraction of sp³-hybridized carbons (Fsp3) is 0.250. The summed E-state index contributed by atoms with van der Waals surface area (Å²) in [4.78, 5) is -0.0395. The van der Waals surface area contributed by atoms with Gasteiger partial charge in [-0.3, -0.25) is 0 Å². The van der Waals surface area contributed by atoms with Crippen LogP contribution in [0.4, 0.5) is 13.2 Å². The molecule has 0 bridgehead atoms. The van der Waals surface area contributed by atoms with Crippen LogP contribution in [0.2, 0.25) is 5.02 Å². The molecule has 2 aromatic rings. The van der Waals surface area contributed by atoms with E-state index < -0.39 is 11.7 Å². The predicted molar refractivity (Wildman–Crippen MR) is 83.0 cm³/mol. The molecule has 0 aromatic heterocycles. The molecule has 0 heterocycles. The zero-order valence-corrected chi connectivity index (χ0v) is 13.6. The third-order valence-corrected chi connectivity index (χ3v) is 4.33. The molecule has 2 aromatic carbocycles. The van der Waals surface area contributed by atoms with Crippen molar-refractivity contribution in [2.24, 2.45) is 0 Å². The first-order chi connectivity index (χ1) is 9.77. The second kappa shape index (κ2) is 6.41. The number of halogens is 5. The number of rotatable bonds is 3. The molecule has 21 heavy (non-hydrogen) atoms. The van der Waals surface area contributed by atoms with Gasteiger partial charge in [0, 0.05) is 9.85 Å². The summed E-state index contributed by atoms with van der Waals surface area (Å²) in [6, 6.07) is 11.0. The van der Waals surface area contributed by atoms with Crippen molar-refractivity contribution in [3.05, 3.63) is 69.7 Å². The van der Waals surface area contributed by atoms with E-state index in [0.717, 1.165) is 28.8 Å². The molecule has 0 amide bonds. The minimum absolute atomic E-state index is 0.0395. The lowest BCUT2D eigenvalue weighted by atomic mass is 10.0. The molecular formula is C16H13BrClF3. The van der Waals surface area contributed by atoms with Crippen LogP contribution in [0, 0.1) is 6.92 Å². The summed E-state index contributed by atoms with van der Waals surface area (Å²) in [5.41, 5.74) is 2.19. The van der Waals surface area contributed by atoms with E-state index in [0.29, 0.717) is 11.4 Å². The molecular weight excluding hydrogens is 365 g/mol. The fourth-order valence-electron chi connectivity index (χ4n) is 2.03.